The minimum Gasteiger partial charge on any atom is -0.496 e. The van der Waals surface area contributed by atoms with Crippen LogP contribution in [0.25, 0.3) is 0 Å². The molecule has 2 N–H and O–H groups in total. The molecule has 1 amide bonds. The van der Waals surface area contributed by atoms with E-state index in [1.54, 1.807) is 31.4 Å². The Hall–Kier alpha value is -3.92. The van der Waals surface area contributed by atoms with Crippen molar-refractivity contribution < 1.29 is 9.53 Å². The van der Waals surface area contributed by atoms with E-state index in [2.05, 4.69) is 20.6 Å². The summed E-state index contributed by atoms with van der Waals surface area (Å²) in [7, 11) is 1.62. The second-order valence-electron chi connectivity index (χ2n) is 5.61. The maximum atomic E-state index is 12.3. The Balaban J connectivity index is 1.62. The van der Waals surface area contributed by atoms with Crippen LogP contribution in [0.15, 0.2) is 60.9 Å². The standard InChI is InChI=1S/C20H17N5O2/c1-27-18-8-3-2-6-15(18)11-22-20-23-12-16(13-24-20)19(26)25-17-7-4-5-14(9-17)10-21/h2-9,12-13H,11H2,1H3,(H,25,26)(H,22,23,24). The van der Waals surface area contributed by atoms with Gasteiger partial charge in [-0.25, -0.2) is 9.97 Å². The maximum absolute atomic E-state index is 12.3. The van der Waals surface area contributed by atoms with Gasteiger partial charge in [0.05, 0.1) is 24.3 Å². The van der Waals surface area contributed by atoms with Crippen molar-refractivity contribution in [3.05, 3.63) is 77.6 Å². The number of benzene rings is 2. The molecule has 0 aliphatic rings. The number of hydrogen-bond acceptors (Lipinski definition) is 6. The molecule has 0 radical (unpaired) electrons. The van der Waals surface area contributed by atoms with Crippen LogP contribution in [0.2, 0.25) is 0 Å². The van der Waals surface area contributed by atoms with Gasteiger partial charge >= 0.3 is 0 Å². The van der Waals surface area contributed by atoms with E-state index >= 15 is 0 Å². The smallest absolute Gasteiger partial charge is 0.258 e. The minimum absolute atomic E-state index is 0.320. The molecule has 3 rings (SSSR count). The van der Waals surface area contributed by atoms with E-state index in [0.29, 0.717) is 29.3 Å². The molecule has 2 aromatic carbocycles. The molecule has 0 fully saturated rings. The van der Waals surface area contributed by atoms with Gasteiger partial charge in [-0.1, -0.05) is 24.3 Å². The number of carbonyl (C=O) groups is 1. The summed E-state index contributed by atoms with van der Waals surface area (Å²) in [4.78, 5) is 20.6. The lowest BCUT2D eigenvalue weighted by Crippen LogP contribution is -2.13. The molecule has 134 valence electrons. The fourth-order valence-corrected chi connectivity index (χ4v) is 2.43. The van der Waals surface area contributed by atoms with E-state index in [0.717, 1.165) is 11.3 Å². The number of ether oxygens (including phenoxy) is 1. The zero-order valence-corrected chi connectivity index (χ0v) is 14.6. The molecule has 27 heavy (non-hydrogen) atoms. The van der Waals surface area contributed by atoms with E-state index in [4.69, 9.17) is 10.00 Å². The fourth-order valence-electron chi connectivity index (χ4n) is 2.43. The van der Waals surface area contributed by atoms with Crippen LogP contribution in [0, 0.1) is 11.3 Å². The molecule has 0 aliphatic carbocycles. The number of aromatic nitrogens is 2. The Kier molecular flexibility index (Phi) is 5.60. The number of hydrogen-bond donors (Lipinski definition) is 2. The van der Waals surface area contributed by atoms with Gasteiger partial charge in [0.1, 0.15) is 5.75 Å². The first-order valence-corrected chi connectivity index (χ1v) is 8.19. The lowest BCUT2D eigenvalue weighted by molar-refractivity contribution is 0.102. The van der Waals surface area contributed by atoms with Gasteiger partial charge in [0.15, 0.2) is 0 Å². The predicted molar refractivity (Wildman–Crippen MR) is 101 cm³/mol. The van der Waals surface area contributed by atoms with Crippen LogP contribution >= 0.6 is 0 Å². The van der Waals surface area contributed by atoms with Crippen LogP contribution in [-0.4, -0.2) is 23.0 Å². The summed E-state index contributed by atoms with van der Waals surface area (Å²) in [6, 6.07) is 16.4. The van der Waals surface area contributed by atoms with Crippen molar-refractivity contribution in [2.75, 3.05) is 17.7 Å². The lowest BCUT2D eigenvalue weighted by Gasteiger charge is -2.09. The van der Waals surface area contributed by atoms with E-state index in [1.165, 1.54) is 12.4 Å². The van der Waals surface area contributed by atoms with E-state index in [9.17, 15) is 4.79 Å². The van der Waals surface area contributed by atoms with Crippen molar-refractivity contribution in [3.63, 3.8) is 0 Å². The highest BCUT2D eigenvalue weighted by Gasteiger charge is 2.09. The molecule has 0 aliphatic heterocycles. The molecule has 0 saturated carbocycles. The Morgan fingerprint density at radius 3 is 2.67 bits per heavy atom. The van der Waals surface area contributed by atoms with Crippen molar-refractivity contribution in [2.24, 2.45) is 0 Å². The van der Waals surface area contributed by atoms with E-state index in [1.807, 2.05) is 30.3 Å². The summed E-state index contributed by atoms with van der Waals surface area (Å²) in [6.45, 7) is 0.497. The largest absolute Gasteiger partial charge is 0.496 e. The predicted octanol–water partition coefficient (Wildman–Crippen LogP) is 3.22. The molecular weight excluding hydrogens is 342 g/mol. The van der Waals surface area contributed by atoms with Crippen LogP contribution in [0.1, 0.15) is 21.5 Å². The first kappa shape index (κ1) is 17.9. The summed E-state index contributed by atoms with van der Waals surface area (Å²) in [5.41, 5.74) is 2.31. The number of nitrogens with zero attached hydrogens (tertiary/aromatic N) is 3. The monoisotopic (exact) mass is 359 g/mol. The Labute approximate surface area is 156 Å². The van der Waals surface area contributed by atoms with Crippen LogP contribution < -0.4 is 15.4 Å². The molecule has 0 spiro atoms. The van der Waals surface area contributed by atoms with Crippen molar-refractivity contribution in [2.45, 2.75) is 6.54 Å². The van der Waals surface area contributed by atoms with Gasteiger partial charge in [-0.15, -0.1) is 0 Å². The third-order valence-electron chi connectivity index (χ3n) is 3.79. The highest BCUT2D eigenvalue weighted by molar-refractivity contribution is 6.03. The van der Waals surface area contributed by atoms with Gasteiger partial charge in [0.25, 0.3) is 5.91 Å². The molecule has 3 aromatic rings. The molecule has 1 aromatic heterocycles. The summed E-state index contributed by atoms with van der Waals surface area (Å²) in [5.74, 6) is 0.839. The molecule has 0 saturated heterocycles. The number of carbonyl (C=O) groups excluding carboxylic acids is 1. The summed E-state index contributed by atoms with van der Waals surface area (Å²) >= 11 is 0. The number of para-hydroxylation sites is 1. The Bertz CT molecular complexity index is 980. The summed E-state index contributed by atoms with van der Waals surface area (Å²) in [5, 5.41) is 14.7. The van der Waals surface area contributed by atoms with Gasteiger partial charge in [0.2, 0.25) is 5.95 Å². The Morgan fingerprint density at radius 2 is 1.93 bits per heavy atom. The third-order valence-corrected chi connectivity index (χ3v) is 3.79. The van der Waals surface area contributed by atoms with Crippen molar-refractivity contribution >= 4 is 17.5 Å². The van der Waals surface area contributed by atoms with Gasteiger partial charge < -0.3 is 15.4 Å². The fraction of sp³-hybridized carbons (Fsp3) is 0.100. The van der Waals surface area contributed by atoms with Gasteiger partial charge in [-0.3, -0.25) is 4.79 Å². The molecule has 0 unspecified atom stereocenters. The van der Waals surface area contributed by atoms with Crippen LogP contribution in [-0.2, 0) is 6.54 Å². The van der Waals surface area contributed by atoms with Crippen LogP contribution in [0.5, 0.6) is 5.75 Å². The molecule has 7 nitrogen and oxygen atoms in total. The zero-order valence-electron chi connectivity index (χ0n) is 14.6. The van der Waals surface area contributed by atoms with Crippen molar-refractivity contribution in [1.29, 1.82) is 5.26 Å². The Morgan fingerprint density at radius 1 is 1.15 bits per heavy atom. The van der Waals surface area contributed by atoms with Crippen molar-refractivity contribution in [3.8, 4) is 11.8 Å². The third kappa shape index (κ3) is 4.58. The minimum atomic E-state index is -0.346. The first-order chi connectivity index (χ1) is 13.2. The average Bonchev–Trinajstić information content (AvgIpc) is 2.73. The molecule has 1 heterocycles. The highest BCUT2D eigenvalue weighted by atomic mass is 16.5. The summed E-state index contributed by atoms with van der Waals surface area (Å²) < 4.78 is 5.30. The highest BCUT2D eigenvalue weighted by Crippen LogP contribution is 2.18. The summed E-state index contributed by atoms with van der Waals surface area (Å²) in [6.07, 6.45) is 2.89. The van der Waals surface area contributed by atoms with E-state index in [-0.39, 0.29) is 5.91 Å². The molecule has 0 bridgehead atoms. The normalized spacial score (nSPS) is 9.93. The number of nitriles is 1. The molecular formula is C20H17N5O2. The molecule has 7 heteroatoms. The number of anilines is 2. The molecule has 0 atom stereocenters. The van der Waals surface area contributed by atoms with Gasteiger partial charge in [-0.2, -0.15) is 5.26 Å². The van der Waals surface area contributed by atoms with Crippen LogP contribution in [0.3, 0.4) is 0 Å². The SMILES string of the molecule is COc1ccccc1CNc1ncc(C(=O)Nc2cccc(C#N)c2)cn1. The number of nitrogens with one attached hydrogen (secondary N) is 2. The topological polar surface area (TPSA) is 99.9 Å². The van der Waals surface area contributed by atoms with Gasteiger partial charge in [0, 0.05) is 30.2 Å². The van der Waals surface area contributed by atoms with E-state index < -0.39 is 0 Å². The van der Waals surface area contributed by atoms with Crippen molar-refractivity contribution in [1.82, 2.24) is 9.97 Å². The average molecular weight is 359 g/mol. The second kappa shape index (κ2) is 8.45. The zero-order chi connectivity index (χ0) is 19.1. The number of methoxy groups -OCH3 is 1. The maximum Gasteiger partial charge on any atom is 0.258 e. The number of rotatable bonds is 6. The first-order valence-electron chi connectivity index (χ1n) is 8.19. The van der Waals surface area contributed by atoms with Gasteiger partial charge in [-0.05, 0) is 24.3 Å². The lowest BCUT2D eigenvalue weighted by atomic mass is 10.2. The van der Waals surface area contributed by atoms with Crippen LogP contribution in [0.4, 0.5) is 11.6 Å². The number of amides is 1. The quantitative estimate of drug-likeness (QED) is 0.701. The second-order valence-corrected chi connectivity index (χ2v) is 5.61.